The van der Waals surface area contributed by atoms with Gasteiger partial charge in [-0.05, 0) is 70.6 Å². The molecular formula is C17H12ClIN2O2. The van der Waals surface area contributed by atoms with Gasteiger partial charge in [0.25, 0.3) is 5.91 Å². The van der Waals surface area contributed by atoms with Gasteiger partial charge < -0.3 is 10.1 Å². The molecule has 2 aromatic rings. The van der Waals surface area contributed by atoms with Gasteiger partial charge in [-0.15, -0.1) is 0 Å². The molecule has 0 unspecified atom stereocenters. The number of nitriles is 1. The molecule has 1 amide bonds. The van der Waals surface area contributed by atoms with E-state index < -0.39 is 5.91 Å². The molecule has 23 heavy (non-hydrogen) atoms. The van der Waals surface area contributed by atoms with Crippen LogP contribution in [0.15, 0.2) is 48.0 Å². The smallest absolute Gasteiger partial charge is 0.266 e. The fourth-order valence-corrected chi connectivity index (χ4v) is 2.70. The second kappa shape index (κ2) is 7.99. The number of carbonyl (C=O) groups is 1. The van der Waals surface area contributed by atoms with Crippen LogP contribution in [0.25, 0.3) is 6.08 Å². The molecule has 2 aromatic carbocycles. The van der Waals surface area contributed by atoms with Crippen molar-refractivity contribution in [2.45, 2.75) is 0 Å². The van der Waals surface area contributed by atoms with Crippen LogP contribution < -0.4 is 10.1 Å². The zero-order valence-electron chi connectivity index (χ0n) is 12.1. The summed E-state index contributed by atoms with van der Waals surface area (Å²) in [5.74, 6) is 0.271. The van der Waals surface area contributed by atoms with Crippen molar-refractivity contribution in [3.05, 3.63) is 62.2 Å². The van der Waals surface area contributed by atoms with E-state index in [-0.39, 0.29) is 5.57 Å². The average molecular weight is 439 g/mol. The van der Waals surface area contributed by atoms with Crippen LogP contribution in [0.1, 0.15) is 5.56 Å². The van der Waals surface area contributed by atoms with E-state index in [1.165, 1.54) is 6.08 Å². The number of carbonyl (C=O) groups excluding carboxylic acids is 1. The van der Waals surface area contributed by atoms with E-state index in [0.717, 1.165) is 14.9 Å². The molecule has 0 aliphatic heterocycles. The van der Waals surface area contributed by atoms with Crippen LogP contribution in [0.3, 0.4) is 0 Å². The molecule has 116 valence electrons. The van der Waals surface area contributed by atoms with Gasteiger partial charge in [-0.1, -0.05) is 17.7 Å². The summed E-state index contributed by atoms with van der Waals surface area (Å²) in [4.78, 5) is 12.2. The number of hydrogen-bond donors (Lipinski definition) is 1. The van der Waals surface area contributed by atoms with Crippen molar-refractivity contribution in [2.24, 2.45) is 0 Å². The van der Waals surface area contributed by atoms with Crippen molar-refractivity contribution in [1.82, 2.24) is 0 Å². The van der Waals surface area contributed by atoms with Crippen molar-refractivity contribution in [3.8, 4) is 11.8 Å². The molecule has 6 heteroatoms. The average Bonchev–Trinajstić information content (AvgIpc) is 2.54. The zero-order chi connectivity index (χ0) is 16.8. The topological polar surface area (TPSA) is 62.1 Å². The summed E-state index contributed by atoms with van der Waals surface area (Å²) in [6, 6.07) is 14.0. The normalized spacial score (nSPS) is 10.8. The molecular weight excluding hydrogens is 427 g/mol. The van der Waals surface area contributed by atoms with E-state index in [1.807, 2.05) is 12.1 Å². The first-order valence-electron chi connectivity index (χ1n) is 6.55. The van der Waals surface area contributed by atoms with Gasteiger partial charge in [0, 0.05) is 10.7 Å². The predicted octanol–water partition coefficient (Wildman–Crippen LogP) is 4.50. The van der Waals surface area contributed by atoms with Crippen molar-refractivity contribution < 1.29 is 9.53 Å². The number of amides is 1. The van der Waals surface area contributed by atoms with Gasteiger partial charge in [-0.2, -0.15) is 5.26 Å². The molecule has 0 radical (unpaired) electrons. The van der Waals surface area contributed by atoms with E-state index in [2.05, 4.69) is 27.9 Å². The van der Waals surface area contributed by atoms with Crippen LogP contribution in [-0.4, -0.2) is 13.0 Å². The minimum atomic E-state index is -0.472. The third-order valence-corrected chi connectivity index (χ3v) is 4.05. The minimum absolute atomic E-state index is 0.0147. The molecule has 0 saturated carbocycles. The number of nitrogens with zero attached hydrogens (tertiary/aromatic N) is 1. The Hall–Kier alpha value is -2.04. The van der Waals surface area contributed by atoms with E-state index in [4.69, 9.17) is 16.3 Å². The molecule has 0 aliphatic carbocycles. The van der Waals surface area contributed by atoms with Crippen LogP contribution >= 0.6 is 34.2 Å². The highest BCUT2D eigenvalue weighted by molar-refractivity contribution is 14.1. The van der Waals surface area contributed by atoms with Crippen molar-refractivity contribution in [2.75, 3.05) is 12.4 Å². The maximum absolute atomic E-state index is 12.2. The van der Waals surface area contributed by atoms with E-state index in [0.29, 0.717) is 10.7 Å². The maximum atomic E-state index is 12.2. The summed E-state index contributed by atoms with van der Waals surface area (Å²) in [7, 11) is 1.59. The monoisotopic (exact) mass is 438 g/mol. The molecule has 0 fully saturated rings. The number of rotatable bonds is 4. The zero-order valence-corrected chi connectivity index (χ0v) is 15.1. The second-order valence-corrected chi connectivity index (χ2v) is 6.12. The van der Waals surface area contributed by atoms with Gasteiger partial charge in [0.05, 0.1) is 10.7 Å². The molecule has 1 N–H and O–H groups in total. The summed E-state index contributed by atoms with van der Waals surface area (Å²) in [5, 5.41) is 12.5. The Balaban J connectivity index is 2.21. The molecule has 0 aliphatic rings. The highest BCUT2D eigenvalue weighted by Gasteiger charge is 2.10. The molecule has 0 heterocycles. The highest BCUT2D eigenvalue weighted by Crippen LogP contribution is 2.23. The van der Waals surface area contributed by atoms with Crippen molar-refractivity contribution in [1.29, 1.82) is 5.26 Å². The fourth-order valence-electron chi connectivity index (χ4n) is 1.82. The molecule has 0 bridgehead atoms. The van der Waals surface area contributed by atoms with E-state index in [9.17, 15) is 10.1 Å². The number of ether oxygens (including phenoxy) is 1. The quantitative estimate of drug-likeness (QED) is 0.434. The Bertz CT molecular complexity index is 795. The van der Waals surface area contributed by atoms with Gasteiger partial charge >= 0.3 is 0 Å². The molecule has 0 saturated heterocycles. The largest absolute Gasteiger partial charge is 0.496 e. The molecule has 0 spiro atoms. The lowest BCUT2D eigenvalue weighted by molar-refractivity contribution is -0.112. The third-order valence-electron chi connectivity index (χ3n) is 2.95. The van der Waals surface area contributed by atoms with E-state index in [1.54, 1.807) is 43.5 Å². The number of nitrogens with one attached hydrogen (secondary N) is 1. The van der Waals surface area contributed by atoms with Crippen LogP contribution in [0.2, 0.25) is 5.02 Å². The Labute approximate surface area is 152 Å². The summed E-state index contributed by atoms with van der Waals surface area (Å²) < 4.78 is 6.08. The van der Waals surface area contributed by atoms with E-state index >= 15 is 0 Å². The van der Waals surface area contributed by atoms with Gasteiger partial charge in [-0.25, -0.2) is 0 Å². The van der Waals surface area contributed by atoms with Gasteiger partial charge in [0.15, 0.2) is 0 Å². The summed E-state index contributed by atoms with van der Waals surface area (Å²) in [6.45, 7) is 0. The molecule has 0 atom stereocenters. The standard InChI is InChI=1S/C17H12ClIN2O2/c1-23-16-7-2-11(9-15(16)19)8-12(10-20)17(22)21-14-5-3-13(18)4-6-14/h2-9H,1H3,(H,21,22)/b12-8-. The first-order valence-corrected chi connectivity index (χ1v) is 8.01. The number of benzene rings is 2. The molecule has 2 rings (SSSR count). The van der Waals surface area contributed by atoms with Crippen LogP contribution in [0.5, 0.6) is 5.75 Å². The van der Waals surface area contributed by atoms with Gasteiger partial charge in [0.1, 0.15) is 17.4 Å². The van der Waals surface area contributed by atoms with Crippen LogP contribution in [0.4, 0.5) is 5.69 Å². The predicted molar refractivity (Wildman–Crippen MR) is 99.4 cm³/mol. The summed E-state index contributed by atoms with van der Waals surface area (Å²) >= 11 is 7.93. The van der Waals surface area contributed by atoms with Crippen LogP contribution in [0, 0.1) is 14.9 Å². The lowest BCUT2D eigenvalue weighted by Gasteiger charge is -2.06. The lowest BCUT2D eigenvalue weighted by Crippen LogP contribution is -2.13. The van der Waals surface area contributed by atoms with Gasteiger partial charge in [-0.3, -0.25) is 4.79 Å². The lowest BCUT2D eigenvalue weighted by atomic mass is 10.1. The second-order valence-electron chi connectivity index (χ2n) is 4.52. The van der Waals surface area contributed by atoms with Crippen molar-refractivity contribution in [3.63, 3.8) is 0 Å². The first kappa shape index (κ1) is 17.3. The number of anilines is 1. The number of halogens is 2. The van der Waals surface area contributed by atoms with Crippen molar-refractivity contribution >= 4 is 51.9 Å². The summed E-state index contributed by atoms with van der Waals surface area (Å²) in [6.07, 6.45) is 1.53. The molecule has 4 nitrogen and oxygen atoms in total. The van der Waals surface area contributed by atoms with Crippen LogP contribution in [-0.2, 0) is 4.79 Å². The number of methoxy groups -OCH3 is 1. The Morgan fingerprint density at radius 3 is 2.57 bits per heavy atom. The third kappa shape index (κ3) is 4.71. The Kier molecular flexibility index (Phi) is 6.02. The van der Waals surface area contributed by atoms with Gasteiger partial charge in [0.2, 0.25) is 0 Å². The number of hydrogen-bond acceptors (Lipinski definition) is 3. The fraction of sp³-hybridized carbons (Fsp3) is 0.0588. The minimum Gasteiger partial charge on any atom is -0.496 e. The SMILES string of the molecule is COc1ccc(/C=C(/C#N)C(=O)Nc2ccc(Cl)cc2)cc1I. The first-order chi connectivity index (χ1) is 11.0. The Morgan fingerprint density at radius 2 is 2.00 bits per heavy atom. The summed E-state index contributed by atoms with van der Waals surface area (Å²) in [5.41, 5.74) is 1.34. The Morgan fingerprint density at radius 1 is 1.30 bits per heavy atom. The molecule has 0 aromatic heterocycles. The highest BCUT2D eigenvalue weighted by atomic mass is 127. The maximum Gasteiger partial charge on any atom is 0.266 e.